The number of carbonyl (C=O) groups excluding carboxylic acids is 2. The number of aliphatic hydroxyl groups excluding tert-OH is 1. The van der Waals surface area contributed by atoms with Crippen LogP contribution in [0.4, 0.5) is 0 Å². The van der Waals surface area contributed by atoms with Crippen molar-refractivity contribution in [3.05, 3.63) is 57.8 Å². The predicted molar refractivity (Wildman–Crippen MR) is 121 cm³/mol. The number of benzene rings is 1. The summed E-state index contributed by atoms with van der Waals surface area (Å²) in [4.78, 5) is 28.2. The number of hydrogen-bond donors (Lipinski definition) is 1. The Hall–Kier alpha value is -2.64. The lowest BCUT2D eigenvalue weighted by Crippen LogP contribution is -2.31. The lowest BCUT2D eigenvalue weighted by molar-refractivity contribution is -0.140. The molecule has 31 heavy (non-hydrogen) atoms. The second kappa shape index (κ2) is 10.6. The van der Waals surface area contributed by atoms with Gasteiger partial charge in [0.05, 0.1) is 24.3 Å². The van der Waals surface area contributed by atoms with Crippen LogP contribution in [0.15, 0.2) is 47.4 Å². The number of Topliss-reactive ketones (excluding diaryl/α,β-unsaturated/α-hetero) is 1. The number of amides is 1. The fourth-order valence-electron chi connectivity index (χ4n) is 3.52. The monoisotopic (exact) mass is 443 g/mol. The molecule has 1 amide bonds. The van der Waals surface area contributed by atoms with E-state index in [-0.39, 0.29) is 17.4 Å². The molecule has 166 valence electrons. The Morgan fingerprint density at radius 3 is 2.68 bits per heavy atom. The zero-order chi connectivity index (χ0) is 22.4. The summed E-state index contributed by atoms with van der Waals surface area (Å²) in [6.07, 6.45) is 1.57. The standard InChI is InChI=1S/C24H29NO5S/c1-4-12-30-18-9-5-8-17(15-18)22(26)20-21(19-10-6-14-31-19)25(24(28)23(20)27)11-7-13-29-16(2)3/h5-6,8-10,14-16,21,26H,4,7,11-13H2,1-3H3/b22-20-. The molecule has 6 nitrogen and oxygen atoms in total. The van der Waals surface area contributed by atoms with E-state index in [1.54, 1.807) is 29.2 Å². The van der Waals surface area contributed by atoms with E-state index in [1.807, 2.05) is 38.3 Å². The molecule has 1 aliphatic heterocycles. The van der Waals surface area contributed by atoms with E-state index in [0.29, 0.717) is 37.5 Å². The van der Waals surface area contributed by atoms with Gasteiger partial charge in [-0.15, -0.1) is 11.3 Å². The maximum Gasteiger partial charge on any atom is 0.295 e. The highest BCUT2D eigenvalue weighted by Crippen LogP contribution is 2.41. The number of thiophene rings is 1. The second-order valence-electron chi connectivity index (χ2n) is 7.66. The van der Waals surface area contributed by atoms with Gasteiger partial charge in [0.25, 0.3) is 11.7 Å². The molecule has 1 atom stereocenters. The van der Waals surface area contributed by atoms with E-state index in [4.69, 9.17) is 9.47 Å². The third-order valence-electron chi connectivity index (χ3n) is 4.93. The molecule has 1 N–H and O–H groups in total. The number of aliphatic hydroxyl groups is 1. The Morgan fingerprint density at radius 1 is 1.19 bits per heavy atom. The zero-order valence-corrected chi connectivity index (χ0v) is 19.0. The molecule has 2 aromatic rings. The number of nitrogens with zero attached hydrogens (tertiary/aromatic N) is 1. The number of likely N-dealkylation sites (tertiary alicyclic amines) is 1. The van der Waals surface area contributed by atoms with Crippen LogP contribution in [0.1, 0.15) is 50.1 Å². The van der Waals surface area contributed by atoms with Gasteiger partial charge >= 0.3 is 0 Å². The van der Waals surface area contributed by atoms with Gasteiger partial charge in [0, 0.05) is 23.6 Å². The van der Waals surface area contributed by atoms with Gasteiger partial charge in [0.15, 0.2) is 0 Å². The summed E-state index contributed by atoms with van der Waals surface area (Å²) in [5.74, 6) is -0.832. The topological polar surface area (TPSA) is 76.1 Å². The normalized spacial score (nSPS) is 18.2. The average Bonchev–Trinajstić information content (AvgIpc) is 3.37. The van der Waals surface area contributed by atoms with Crippen LogP contribution in [0.5, 0.6) is 5.75 Å². The van der Waals surface area contributed by atoms with E-state index < -0.39 is 17.7 Å². The Labute approximate surface area is 187 Å². The predicted octanol–water partition coefficient (Wildman–Crippen LogP) is 4.77. The Morgan fingerprint density at radius 2 is 2.00 bits per heavy atom. The number of ether oxygens (including phenoxy) is 2. The minimum absolute atomic E-state index is 0.103. The highest BCUT2D eigenvalue weighted by Gasteiger charge is 2.46. The van der Waals surface area contributed by atoms with Gasteiger partial charge in [-0.3, -0.25) is 9.59 Å². The van der Waals surface area contributed by atoms with Crippen LogP contribution in [0, 0.1) is 0 Å². The van der Waals surface area contributed by atoms with Crippen molar-refractivity contribution in [2.24, 2.45) is 0 Å². The fraction of sp³-hybridized carbons (Fsp3) is 0.417. The van der Waals surface area contributed by atoms with Crippen molar-refractivity contribution >= 4 is 28.8 Å². The van der Waals surface area contributed by atoms with Gasteiger partial charge < -0.3 is 19.5 Å². The number of hydrogen-bond acceptors (Lipinski definition) is 6. The third-order valence-corrected chi connectivity index (χ3v) is 5.85. The summed E-state index contributed by atoms with van der Waals surface area (Å²) in [6.45, 7) is 7.35. The zero-order valence-electron chi connectivity index (χ0n) is 18.2. The molecular formula is C24H29NO5S. The summed E-state index contributed by atoms with van der Waals surface area (Å²) < 4.78 is 11.2. The molecule has 7 heteroatoms. The fourth-order valence-corrected chi connectivity index (χ4v) is 4.36. The summed E-state index contributed by atoms with van der Waals surface area (Å²) in [5, 5.41) is 13.0. The maximum absolute atomic E-state index is 13.0. The van der Waals surface area contributed by atoms with E-state index in [9.17, 15) is 14.7 Å². The minimum Gasteiger partial charge on any atom is -0.507 e. The minimum atomic E-state index is -0.666. The highest BCUT2D eigenvalue weighted by molar-refractivity contribution is 7.10. The first-order valence-corrected chi connectivity index (χ1v) is 11.5. The van der Waals surface area contributed by atoms with Gasteiger partial charge in [-0.25, -0.2) is 0 Å². The number of ketones is 1. The van der Waals surface area contributed by atoms with E-state index in [2.05, 4.69) is 0 Å². The van der Waals surface area contributed by atoms with E-state index >= 15 is 0 Å². The van der Waals surface area contributed by atoms with E-state index in [1.165, 1.54) is 11.3 Å². The van der Waals surface area contributed by atoms with Gasteiger partial charge in [-0.05, 0) is 50.3 Å². The SMILES string of the molecule is CCCOc1cccc(/C(O)=C2/C(=O)C(=O)N(CCCOC(C)C)C2c2cccs2)c1. The summed E-state index contributed by atoms with van der Waals surface area (Å²) in [6, 6.07) is 10.1. The first kappa shape index (κ1) is 23.0. The first-order valence-electron chi connectivity index (χ1n) is 10.6. The highest BCUT2D eigenvalue weighted by atomic mass is 32.1. The van der Waals surface area contributed by atoms with Crippen molar-refractivity contribution in [2.45, 2.75) is 45.8 Å². The molecule has 1 aromatic heterocycles. The second-order valence-corrected chi connectivity index (χ2v) is 8.64. The molecule has 0 bridgehead atoms. The quantitative estimate of drug-likeness (QED) is 0.248. The molecule has 1 fully saturated rings. The van der Waals surface area contributed by atoms with Crippen molar-refractivity contribution in [1.82, 2.24) is 4.90 Å². The third kappa shape index (κ3) is 5.35. The van der Waals surface area contributed by atoms with Crippen molar-refractivity contribution in [3.8, 4) is 5.75 Å². The number of rotatable bonds is 10. The molecule has 1 aliphatic rings. The molecule has 0 radical (unpaired) electrons. The Kier molecular flexibility index (Phi) is 7.87. The molecule has 1 unspecified atom stereocenters. The summed E-state index contributed by atoms with van der Waals surface area (Å²) in [7, 11) is 0. The Bertz CT molecular complexity index is 935. The van der Waals surface area contributed by atoms with E-state index in [0.717, 1.165) is 11.3 Å². The molecule has 0 aliphatic carbocycles. The van der Waals surface area contributed by atoms with Crippen molar-refractivity contribution in [3.63, 3.8) is 0 Å². The smallest absolute Gasteiger partial charge is 0.295 e. The molecule has 3 rings (SSSR count). The maximum atomic E-state index is 13.0. The molecule has 1 saturated heterocycles. The van der Waals surface area contributed by atoms with Crippen molar-refractivity contribution < 1.29 is 24.2 Å². The first-order chi connectivity index (χ1) is 14.9. The van der Waals surface area contributed by atoms with Crippen LogP contribution < -0.4 is 4.74 Å². The van der Waals surface area contributed by atoms with Gasteiger partial charge in [-0.1, -0.05) is 25.1 Å². The van der Waals surface area contributed by atoms with Gasteiger partial charge in [-0.2, -0.15) is 0 Å². The van der Waals surface area contributed by atoms with Gasteiger partial charge in [0.1, 0.15) is 11.5 Å². The van der Waals surface area contributed by atoms with Crippen LogP contribution in [0.3, 0.4) is 0 Å². The van der Waals surface area contributed by atoms with Crippen LogP contribution in [-0.4, -0.2) is 47.6 Å². The average molecular weight is 444 g/mol. The van der Waals surface area contributed by atoms with Crippen LogP contribution in [0.25, 0.3) is 5.76 Å². The van der Waals surface area contributed by atoms with Crippen LogP contribution >= 0.6 is 11.3 Å². The Balaban J connectivity index is 1.95. The molecular weight excluding hydrogens is 414 g/mol. The lowest BCUT2D eigenvalue weighted by atomic mass is 9.99. The lowest BCUT2D eigenvalue weighted by Gasteiger charge is -2.24. The molecule has 0 spiro atoms. The summed E-state index contributed by atoms with van der Waals surface area (Å²) >= 11 is 1.46. The molecule has 2 heterocycles. The summed E-state index contributed by atoms with van der Waals surface area (Å²) in [5.41, 5.74) is 0.571. The van der Waals surface area contributed by atoms with Crippen LogP contribution in [-0.2, 0) is 14.3 Å². The van der Waals surface area contributed by atoms with Crippen molar-refractivity contribution in [1.29, 1.82) is 0 Å². The molecule has 1 aromatic carbocycles. The van der Waals surface area contributed by atoms with Crippen molar-refractivity contribution in [2.75, 3.05) is 19.8 Å². The van der Waals surface area contributed by atoms with Crippen LogP contribution in [0.2, 0.25) is 0 Å². The number of carbonyl (C=O) groups is 2. The van der Waals surface area contributed by atoms with Gasteiger partial charge in [0.2, 0.25) is 0 Å². The molecule has 0 saturated carbocycles. The largest absolute Gasteiger partial charge is 0.507 e.